The average molecular weight is 318 g/mol. The molecule has 20 heavy (non-hydrogen) atoms. The molecule has 5 heteroatoms. The maximum atomic E-state index is 11.9. The second-order valence-electron chi connectivity index (χ2n) is 4.69. The van der Waals surface area contributed by atoms with E-state index in [2.05, 4.69) is 12.2 Å². The average Bonchev–Trinajstić information content (AvgIpc) is 2.41. The number of unbranched alkanes of at least 4 members (excludes halogenated alkanes) is 3. The Morgan fingerprint density at radius 1 is 1.30 bits per heavy atom. The first kappa shape index (κ1) is 17.1. The summed E-state index contributed by atoms with van der Waals surface area (Å²) >= 11 is 11.8. The van der Waals surface area contributed by atoms with Crippen LogP contribution in [0.4, 0.5) is 0 Å². The molecule has 1 atom stereocenters. The van der Waals surface area contributed by atoms with Crippen molar-refractivity contribution in [2.75, 3.05) is 6.54 Å². The standard InChI is InChI=1S/C15H21Cl2NO2/c1-3-4-5-6-9-18-15(19)11(2)20-14-8-7-12(16)10-13(14)17/h7-8,10-11H,3-6,9H2,1-2H3,(H,18,19). The lowest BCUT2D eigenvalue weighted by atomic mass is 10.2. The van der Waals surface area contributed by atoms with Crippen LogP contribution in [0.15, 0.2) is 18.2 Å². The monoisotopic (exact) mass is 317 g/mol. The highest BCUT2D eigenvalue weighted by atomic mass is 35.5. The van der Waals surface area contributed by atoms with Crippen molar-refractivity contribution in [2.45, 2.75) is 45.6 Å². The molecule has 0 aliphatic rings. The zero-order chi connectivity index (χ0) is 15.0. The molecule has 112 valence electrons. The van der Waals surface area contributed by atoms with Gasteiger partial charge in [0.2, 0.25) is 0 Å². The van der Waals surface area contributed by atoms with Gasteiger partial charge in [-0.05, 0) is 31.5 Å². The lowest BCUT2D eigenvalue weighted by molar-refractivity contribution is -0.127. The molecule has 0 spiro atoms. The number of benzene rings is 1. The Kier molecular flexibility index (Phi) is 7.78. The van der Waals surface area contributed by atoms with E-state index in [4.69, 9.17) is 27.9 Å². The largest absolute Gasteiger partial charge is 0.479 e. The quantitative estimate of drug-likeness (QED) is 0.719. The molecule has 1 aromatic carbocycles. The van der Waals surface area contributed by atoms with E-state index in [0.717, 1.165) is 12.8 Å². The van der Waals surface area contributed by atoms with E-state index in [9.17, 15) is 4.79 Å². The molecule has 3 nitrogen and oxygen atoms in total. The van der Waals surface area contributed by atoms with Crippen LogP contribution in [0.1, 0.15) is 39.5 Å². The van der Waals surface area contributed by atoms with Crippen LogP contribution in [0.3, 0.4) is 0 Å². The molecule has 1 N–H and O–H groups in total. The molecule has 0 aliphatic carbocycles. The fraction of sp³-hybridized carbons (Fsp3) is 0.533. The molecule has 0 radical (unpaired) electrons. The first-order valence-electron chi connectivity index (χ1n) is 6.94. The van der Waals surface area contributed by atoms with E-state index >= 15 is 0 Å². The van der Waals surface area contributed by atoms with Crippen LogP contribution >= 0.6 is 23.2 Å². The van der Waals surface area contributed by atoms with E-state index in [-0.39, 0.29) is 5.91 Å². The number of nitrogens with one attached hydrogen (secondary N) is 1. The fourth-order valence-electron chi connectivity index (χ4n) is 1.72. The molecule has 0 heterocycles. The molecule has 1 unspecified atom stereocenters. The Morgan fingerprint density at radius 3 is 2.70 bits per heavy atom. The molecular formula is C15H21Cl2NO2. The van der Waals surface area contributed by atoms with Crippen LogP contribution in [0.2, 0.25) is 10.0 Å². The highest BCUT2D eigenvalue weighted by Crippen LogP contribution is 2.28. The zero-order valence-corrected chi connectivity index (χ0v) is 13.4. The molecule has 1 aromatic rings. The summed E-state index contributed by atoms with van der Waals surface area (Å²) in [6.07, 6.45) is 3.92. The first-order chi connectivity index (χ1) is 9.54. The van der Waals surface area contributed by atoms with Gasteiger partial charge in [0.15, 0.2) is 6.10 Å². The molecular weight excluding hydrogens is 297 g/mol. The Bertz CT molecular complexity index is 438. The highest BCUT2D eigenvalue weighted by molar-refractivity contribution is 6.35. The van der Waals surface area contributed by atoms with Crippen molar-refractivity contribution < 1.29 is 9.53 Å². The van der Waals surface area contributed by atoms with Crippen LogP contribution in [-0.4, -0.2) is 18.6 Å². The minimum Gasteiger partial charge on any atom is -0.479 e. The molecule has 0 fully saturated rings. The zero-order valence-electron chi connectivity index (χ0n) is 11.9. The number of carbonyl (C=O) groups excluding carboxylic acids is 1. The van der Waals surface area contributed by atoms with Gasteiger partial charge in [0.05, 0.1) is 5.02 Å². The third-order valence-corrected chi connectivity index (χ3v) is 3.43. The number of ether oxygens (including phenoxy) is 1. The van der Waals surface area contributed by atoms with Gasteiger partial charge >= 0.3 is 0 Å². The lowest BCUT2D eigenvalue weighted by Gasteiger charge is -2.15. The summed E-state index contributed by atoms with van der Waals surface area (Å²) in [5, 5.41) is 3.80. The summed E-state index contributed by atoms with van der Waals surface area (Å²) in [6, 6.07) is 4.93. The summed E-state index contributed by atoms with van der Waals surface area (Å²) < 4.78 is 5.54. The number of rotatable bonds is 8. The molecule has 0 saturated heterocycles. The maximum absolute atomic E-state index is 11.9. The van der Waals surface area contributed by atoms with Crippen LogP contribution in [0.25, 0.3) is 0 Å². The summed E-state index contributed by atoms with van der Waals surface area (Å²) in [5.74, 6) is 0.331. The summed E-state index contributed by atoms with van der Waals surface area (Å²) in [5.41, 5.74) is 0. The Balaban J connectivity index is 2.37. The normalized spacial score (nSPS) is 12.0. The van der Waals surface area contributed by atoms with Crippen molar-refractivity contribution >= 4 is 29.1 Å². The first-order valence-corrected chi connectivity index (χ1v) is 7.69. The summed E-state index contributed by atoms with van der Waals surface area (Å²) in [4.78, 5) is 11.9. The van der Waals surface area contributed by atoms with Gasteiger partial charge in [-0.3, -0.25) is 4.79 Å². The van der Waals surface area contributed by atoms with Crippen LogP contribution < -0.4 is 10.1 Å². The van der Waals surface area contributed by atoms with Crippen molar-refractivity contribution in [3.63, 3.8) is 0 Å². The highest BCUT2D eigenvalue weighted by Gasteiger charge is 2.15. The third-order valence-electron chi connectivity index (χ3n) is 2.90. The molecule has 0 aliphatic heterocycles. The van der Waals surface area contributed by atoms with Gasteiger partial charge in [-0.1, -0.05) is 49.4 Å². The number of hydrogen-bond acceptors (Lipinski definition) is 2. The predicted molar refractivity (Wildman–Crippen MR) is 83.7 cm³/mol. The Morgan fingerprint density at radius 2 is 2.05 bits per heavy atom. The molecule has 0 aromatic heterocycles. The van der Waals surface area contributed by atoms with Crippen LogP contribution in [-0.2, 0) is 4.79 Å². The molecule has 0 saturated carbocycles. The number of halogens is 2. The van der Waals surface area contributed by atoms with Gasteiger partial charge in [0, 0.05) is 11.6 Å². The summed E-state index contributed by atoms with van der Waals surface area (Å²) in [6.45, 7) is 4.54. The Labute approximate surface area is 130 Å². The maximum Gasteiger partial charge on any atom is 0.260 e. The van der Waals surface area contributed by atoms with Gasteiger partial charge in [-0.2, -0.15) is 0 Å². The number of hydrogen-bond donors (Lipinski definition) is 1. The topological polar surface area (TPSA) is 38.3 Å². The molecule has 1 rings (SSSR count). The van der Waals surface area contributed by atoms with Gasteiger partial charge in [0.1, 0.15) is 5.75 Å². The van der Waals surface area contributed by atoms with Crippen molar-refractivity contribution in [3.05, 3.63) is 28.2 Å². The number of carbonyl (C=O) groups is 1. The van der Waals surface area contributed by atoms with E-state index in [1.165, 1.54) is 12.8 Å². The van der Waals surface area contributed by atoms with E-state index in [1.807, 2.05) is 0 Å². The third kappa shape index (κ3) is 6.02. The number of amides is 1. The smallest absolute Gasteiger partial charge is 0.260 e. The van der Waals surface area contributed by atoms with Crippen molar-refractivity contribution in [2.24, 2.45) is 0 Å². The minimum atomic E-state index is -0.583. The second kappa shape index (κ2) is 9.09. The van der Waals surface area contributed by atoms with E-state index < -0.39 is 6.10 Å². The van der Waals surface area contributed by atoms with Crippen LogP contribution in [0.5, 0.6) is 5.75 Å². The lowest BCUT2D eigenvalue weighted by Crippen LogP contribution is -2.36. The van der Waals surface area contributed by atoms with Crippen molar-refractivity contribution in [1.82, 2.24) is 5.32 Å². The predicted octanol–water partition coefficient (Wildman–Crippen LogP) is 4.46. The van der Waals surface area contributed by atoms with Gasteiger partial charge in [-0.15, -0.1) is 0 Å². The minimum absolute atomic E-state index is 0.132. The van der Waals surface area contributed by atoms with Gasteiger partial charge < -0.3 is 10.1 Å². The van der Waals surface area contributed by atoms with E-state index in [0.29, 0.717) is 22.3 Å². The van der Waals surface area contributed by atoms with Gasteiger partial charge in [-0.25, -0.2) is 0 Å². The van der Waals surface area contributed by atoms with Crippen LogP contribution in [0, 0.1) is 0 Å². The SMILES string of the molecule is CCCCCCNC(=O)C(C)Oc1ccc(Cl)cc1Cl. The Hall–Kier alpha value is -0.930. The van der Waals surface area contributed by atoms with Crippen molar-refractivity contribution in [3.8, 4) is 5.75 Å². The second-order valence-corrected chi connectivity index (χ2v) is 5.53. The molecule has 0 bridgehead atoms. The van der Waals surface area contributed by atoms with E-state index in [1.54, 1.807) is 25.1 Å². The molecule has 1 amide bonds. The summed E-state index contributed by atoms with van der Waals surface area (Å²) in [7, 11) is 0. The van der Waals surface area contributed by atoms with Crippen molar-refractivity contribution in [1.29, 1.82) is 0 Å². The van der Waals surface area contributed by atoms with Gasteiger partial charge in [0.25, 0.3) is 5.91 Å². The fourth-order valence-corrected chi connectivity index (χ4v) is 2.17.